The molecule has 0 radical (unpaired) electrons. The standard InChI is InChI=1S/C14H21ClN2O2/c1-3-4-5-6-7-10(2)16-12-9-8-11(15)13(17-12)14(18)19/h8-10H,3-7H2,1-2H3,(H,16,17)(H,18,19). The molecule has 2 N–H and O–H groups in total. The van der Waals surface area contributed by atoms with E-state index in [0.717, 1.165) is 6.42 Å². The number of pyridine rings is 1. The predicted molar refractivity (Wildman–Crippen MR) is 78.1 cm³/mol. The highest BCUT2D eigenvalue weighted by Crippen LogP contribution is 2.18. The normalized spacial score (nSPS) is 12.2. The van der Waals surface area contributed by atoms with Gasteiger partial charge in [0.05, 0.1) is 5.02 Å². The number of carboxylic acid groups (broad SMARTS) is 1. The van der Waals surface area contributed by atoms with E-state index in [4.69, 9.17) is 16.7 Å². The molecule has 4 nitrogen and oxygen atoms in total. The van der Waals surface area contributed by atoms with Crippen LogP contribution in [0.1, 0.15) is 56.4 Å². The molecule has 0 aromatic carbocycles. The fourth-order valence-corrected chi connectivity index (χ4v) is 2.06. The number of carbonyl (C=O) groups is 1. The second kappa shape index (κ2) is 8.00. The summed E-state index contributed by atoms with van der Waals surface area (Å²) in [6.45, 7) is 4.26. The van der Waals surface area contributed by atoms with Crippen molar-refractivity contribution in [2.45, 2.75) is 52.0 Å². The molecule has 106 valence electrons. The van der Waals surface area contributed by atoms with E-state index in [1.165, 1.54) is 25.7 Å². The number of nitrogens with one attached hydrogen (secondary N) is 1. The van der Waals surface area contributed by atoms with Crippen LogP contribution < -0.4 is 5.32 Å². The number of unbranched alkanes of at least 4 members (excludes halogenated alkanes) is 3. The maximum Gasteiger partial charge on any atom is 0.356 e. The van der Waals surface area contributed by atoms with Crippen molar-refractivity contribution in [1.29, 1.82) is 0 Å². The van der Waals surface area contributed by atoms with Gasteiger partial charge >= 0.3 is 5.97 Å². The van der Waals surface area contributed by atoms with Gasteiger partial charge < -0.3 is 10.4 Å². The first-order valence-corrected chi connectivity index (χ1v) is 7.08. The van der Waals surface area contributed by atoms with E-state index in [1.54, 1.807) is 12.1 Å². The molecule has 19 heavy (non-hydrogen) atoms. The molecule has 1 aromatic heterocycles. The maximum atomic E-state index is 10.9. The van der Waals surface area contributed by atoms with Crippen LogP contribution in [0, 0.1) is 0 Å². The molecule has 0 aliphatic carbocycles. The topological polar surface area (TPSA) is 62.2 Å². The monoisotopic (exact) mass is 284 g/mol. The Hall–Kier alpha value is -1.29. The summed E-state index contributed by atoms with van der Waals surface area (Å²) >= 11 is 5.78. The van der Waals surface area contributed by atoms with Gasteiger partial charge in [0.25, 0.3) is 0 Å². The highest BCUT2D eigenvalue weighted by atomic mass is 35.5. The van der Waals surface area contributed by atoms with Crippen molar-refractivity contribution in [3.8, 4) is 0 Å². The average Bonchev–Trinajstić information content (AvgIpc) is 2.36. The Bertz CT molecular complexity index is 424. The molecule has 1 heterocycles. The van der Waals surface area contributed by atoms with Gasteiger partial charge in [-0.15, -0.1) is 0 Å². The molecule has 0 saturated carbocycles. The number of hydrogen-bond acceptors (Lipinski definition) is 3. The first kappa shape index (κ1) is 15.8. The van der Waals surface area contributed by atoms with Gasteiger partial charge in [0, 0.05) is 6.04 Å². The summed E-state index contributed by atoms with van der Waals surface area (Å²) in [5.41, 5.74) is -0.107. The molecule has 1 rings (SSSR count). The fourth-order valence-electron chi connectivity index (χ4n) is 1.87. The van der Waals surface area contributed by atoms with Crippen LogP contribution in [0.25, 0.3) is 0 Å². The number of aromatic nitrogens is 1. The molecule has 0 aliphatic rings. The Morgan fingerprint density at radius 3 is 2.79 bits per heavy atom. The first-order valence-electron chi connectivity index (χ1n) is 6.71. The summed E-state index contributed by atoms with van der Waals surface area (Å²) in [5, 5.41) is 12.3. The van der Waals surface area contributed by atoms with Gasteiger partial charge in [-0.25, -0.2) is 9.78 Å². The number of carboxylic acids is 1. The smallest absolute Gasteiger partial charge is 0.356 e. The van der Waals surface area contributed by atoms with Crippen LogP contribution in [-0.2, 0) is 0 Å². The summed E-state index contributed by atoms with van der Waals surface area (Å²) in [6, 6.07) is 3.54. The lowest BCUT2D eigenvalue weighted by molar-refractivity contribution is 0.0691. The molecule has 0 amide bonds. The van der Waals surface area contributed by atoms with Crippen molar-refractivity contribution in [2.24, 2.45) is 0 Å². The number of hydrogen-bond donors (Lipinski definition) is 2. The summed E-state index contributed by atoms with van der Waals surface area (Å²) in [4.78, 5) is 14.9. The SMILES string of the molecule is CCCCCCC(C)Nc1ccc(Cl)c(C(=O)O)n1. The predicted octanol–water partition coefficient (Wildman–Crippen LogP) is 4.20. The number of anilines is 1. The van der Waals surface area contributed by atoms with Crippen LogP contribution in [0.15, 0.2) is 12.1 Å². The number of aromatic carboxylic acids is 1. The Morgan fingerprint density at radius 2 is 2.16 bits per heavy atom. The Labute approximate surface area is 119 Å². The molecular formula is C14H21ClN2O2. The van der Waals surface area contributed by atoms with Gasteiger partial charge in [-0.1, -0.05) is 44.2 Å². The first-order chi connectivity index (χ1) is 9.04. The number of rotatable bonds is 8. The molecular weight excluding hydrogens is 264 g/mol. The molecule has 5 heteroatoms. The van der Waals surface area contributed by atoms with Crippen LogP contribution in [0.5, 0.6) is 0 Å². The zero-order chi connectivity index (χ0) is 14.3. The molecule has 1 aromatic rings. The van der Waals surface area contributed by atoms with E-state index in [1.807, 2.05) is 0 Å². The Morgan fingerprint density at radius 1 is 1.42 bits per heavy atom. The van der Waals surface area contributed by atoms with Gasteiger partial charge in [0.1, 0.15) is 5.82 Å². The zero-order valence-corrected chi connectivity index (χ0v) is 12.2. The van der Waals surface area contributed by atoms with E-state index >= 15 is 0 Å². The molecule has 0 aliphatic heterocycles. The zero-order valence-electron chi connectivity index (χ0n) is 11.4. The summed E-state index contributed by atoms with van der Waals surface area (Å²) in [5.74, 6) is -0.547. The van der Waals surface area contributed by atoms with E-state index < -0.39 is 5.97 Å². The molecule has 0 bridgehead atoms. The van der Waals surface area contributed by atoms with Gasteiger partial charge in [-0.05, 0) is 25.5 Å². The quantitative estimate of drug-likeness (QED) is 0.702. The van der Waals surface area contributed by atoms with Crippen molar-refractivity contribution in [1.82, 2.24) is 4.98 Å². The van der Waals surface area contributed by atoms with Crippen LogP contribution in [-0.4, -0.2) is 22.1 Å². The van der Waals surface area contributed by atoms with Gasteiger partial charge in [0.2, 0.25) is 0 Å². The largest absolute Gasteiger partial charge is 0.476 e. The lowest BCUT2D eigenvalue weighted by Gasteiger charge is -2.14. The molecule has 0 saturated heterocycles. The minimum absolute atomic E-state index is 0.107. The highest BCUT2D eigenvalue weighted by Gasteiger charge is 2.12. The lowest BCUT2D eigenvalue weighted by atomic mass is 10.1. The Balaban J connectivity index is 2.52. The number of halogens is 1. The van der Waals surface area contributed by atoms with Crippen molar-refractivity contribution < 1.29 is 9.90 Å². The van der Waals surface area contributed by atoms with Crippen LogP contribution in [0.3, 0.4) is 0 Å². The highest BCUT2D eigenvalue weighted by molar-refractivity contribution is 6.33. The van der Waals surface area contributed by atoms with Crippen molar-refractivity contribution >= 4 is 23.4 Å². The third-order valence-electron chi connectivity index (χ3n) is 2.93. The average molecular weight is 285 g/mol. The third-order valence-corrected chi connectivity index (χ3v) is 3.24. The van der Waals surface area contributed by atoms with Gasteiger partial charge in [0.15, 0.2) is 5.69 Å². The second-order valence-corrected chi connectivity index (χ2v) is 5.13. The van der Waals surface area contributed by atoms with Crippen LogP contribution in [0.4, 0.5) is 5.82 Å². The summed E-state index contributed by atoms with van der Waals surface area (Å²) in [6.07, 6.45) is 5.93. The van der Waals surface area contributed by atoms with Crippen molar-refractivity contribution in [3.63, 3.8) is 0 Å². The van der Waals surface area contributed by atoms with Crippen molar-refractivity contribution in [2.75, 3.05) is 5.32 Å². The second-order valence-electron chi connectivity index (χ2n) is 4.73. The molecule has 0 spiro atoms. The van der Waals surface area contributed by atoms with E-state index in [0.29, 0.717) is 5.82 Å². The summed E-state index contributed by atoms with van der Waals surface area (Å²) in [7, 11) is 0. The van der Waals surface area contributed by atoms with Crippen molar-refractivity contribution in [3.05, 3.63) is 22.8 Å². The Kier molecular flexibility index (Phi) is 6.64. The van der Waals surface area contributed by atoms with E-state index in [2.05, 4.69) is 24.1 Å². The van der Waals surface area contributed by atoms with E-state index in [9.17, 15) is 4.79 Å². The minimum Gasteiger partial charge on any atom is -0.476 e. The number of nitrogens with zero attached hydrogens (tertiary/aromatic N) is 1. The molecule has 0 fully saturated rings. The molecule has 1 unspecified atom stereocenters. The van der Waals surface area contributed by atoms with Gasteiger partial charge in [-0.2, -0.15) is 0 Å². The van der Waals surface area contributed by atoms with Crippen LogP contribution >= 0.6 is 11.6 Å². The van der Waals surface area contributed by atoms with Crippen LogP contribution in [0.2, 0.25) is 5.02 Å². The fraction of sp³-hybridized carbons (Fsp3) is 0.571. The molecule has 1 atom stereocenters. The minimum atomic E-state index is -1.11. The van der Waals surface area contributed by atoms with Gasteiger partial charge in [-0.3, -0.25) is 0 Å². The lowest BCUT2D eigenvalue weighted by Crippen LogP contribution is -2.17. The van der Waals surface area contributed by atoms with E-state index in [-0.39, 0.29) is 16.8 Å². The third kappa shape index (κ3) is 5.47. The summed E-state index contributed by atoms with van der Waals surface area (Å²) < 4.78 is 0. The maximum absolute atomic E-state index is 10.9.